The highest BCUT2D eigenvalue weighted by molar-refractivity contribution is 7.80. The van der Waals surface area contributed by atoms with Crippen molar-refractivity contribution in [3.05, 3.63) is 69.5 Å². The Balaban J connectivity index is 1.42. The first-order chi connectivity index (χ1) is 16.0. The molecule has 33 heavy (non-hydrogen) atoms. The van der Waals surface area contributed by atoms with Crippen LogP contribution in [0.1, 0.15) is 48.8 Å². The van der Waals surface area contributed by atoms with E-state index in [9.17, 15) is 4.79 Å². The highest BCUT2D eigenvalue weighted by Gasteiger charge is 2.20. The van der Waals surface area contributed by atoms with E-state index in [0.29, 0.717) is 29.8 Å². The maximum atomic E-state index is 12.9. The number of rotatable bonds is 5. The van der Waals surface area contributed by atoms with Gasteiger partial charge in [-0.2, -0.15) is 0 Å². The van der Waals surface area contributed by atoms with Crippen molar-refractivity contribution in [2.45, 2.75) is 58.2 Å². The third kappa shape index (κ3) is 4.98. The van der Waals surface area contributed by atoms with E-state index in [-0.39, 0.29) is 12.4 Å². The van der Waals surface area contributed by atoms with Crippen LogP contribution in [0.5, 0.6) is 11.5 Å². The van der Waals surface area contributed by atoms with E-state index in [4.69, 9.17) is 21.7 Å². The first-order valence-corrected chi connectivity index (χ1v) is 12.0. The Morgan fingerprint density at radius 3 is 2.73 bits per heavy atom. The fourth-order valence-corrected chi connectivity index (χ4v) is 4.96. The molecule has 0 amide bonds. The minimum atomic E-state index is -0.0810. The van der Waals surface area contributed by atoms with Crippen LogP contribution in [0.25, 0.3) is 10.9 Å². The van der Waals surface area contributed by atoms with Gasteiger partial charge in [-0.1, -0.05) is 37.0 Å². The van der Waals surface area contributed by atoms with Gasteiger partial charge in [-0.05, 0) is 73.3 Å². The summed E-state index contributed by atoms with van der Waals surface area (Å²) in [7, 11) is 0. The lowest BCUT2D eigenvalue weighted by Crippen LogP contribution is -2.45. The van der Waals surface area contributed by atoms with E-state index in [2.05, 4.69) is 28.2 Å². The summed E-state index contributed by atoms with van der Waals surface area (Å²) in [6, 6.07) is 14.4. The molecule has 6 nitrogen and oxygen atoms in total. The van der Waals surface area contributed by atoms with Crippen molar-refractivity contribution >= 4 is 28.2 Å². The van der Waals surface area contributed by atoms with Gasteiger partial charge in [-0.15, -0.1) is 0 Å². The number of aromatic nitrogens is 1. The number of pyridine rings is 1. The number of ether oxygens (including phenoxy) is 2. The van der Waals surface area contributed by atoms with Crippen LogP contribution < -0.4 is 20.3 Å². The van der Waals surface area contributed by atoms with Crippen molar-refractivity contribution in [3.63, 3.8) is 0 Å². The molecule has 1 aromatic heterocycles. The van der Waals surface area contributed by atoms with Crippen LogP contribution in [0.2, 0.25) is 0 Å². The molecule has 5 rings (SSSR count). The van der Waals surface area contributed by atoms with Crippen LogP contribution in [-0.4, -0.2) is 27.8 Å². The quantitative estimate of drug-likeness (QED) is 0.531. The maximum Gasteiger partial charge on any atom is 0.253 e. The molecule has 2 aromatic carbocycles. The summed E-state index contributed by atoms with van der Waals surface area (Å²) in [5.41, 5.74) is 3.68. The molecule has 2 N–H and O–H groups in total. The highest BCUT2D eigenvalue weighted by Crippen LogP contribution is 2.33. The predicted octanol–water partition coefficient (Wildman–Crippen LogP) is 4.77. The van der Waals surface area contributed by atoms with Crippen LogP contribution in [0.4, 0.5) is 0 Å². The Morgan fingerprint density at radius 1 is 1.06 bits per heavy atom. The molecule has 2 aliphatic rings. The van der Waals surface area contributed by atoms with Crippen molar-refractivity contribution < 1.29 is 9.47 Å². The van der Waals surface area contributed by atoms with Gasteiger partial charge in [0.2, 0.25) is 6.79 Å². The van der Waals surface area contributed by atoms with Crippen molar-refractivity contribution in [1.82, 2.24) is 15.2 Å². The lowest BCUT2D eigenvalue weighted by Gasteiger charge is -2.31. The lowest BCUT2D eigenvalue weighted by atomic mass is 9.96. The number of benzene rings is 2. The van der Waals surface area contributed by atoms with Crippen molar-refractivity contribution in [2.24, 2.45) is 0 Å². The largest absolute Gasteiger partial charge is 0.454 e. The molecule has 0 saturated heterocycles. The summed E-state index contributed by atoms with van der Waals surface area (Å²) in [5.74, 6) is 1.51. The fraction of sp³-hybridized carbons (Fsp3) is 0.385. The third-order valence-electron chi connectivity index (χ3n) is 6.47. The summed E-state index contributed by atoms with van der Waals surface area (Å²) >= 11 is 5.86. The molecular weight excluding hydrogens is 434 g/mol. The number of aromatic amines is 1. The first-order valence-electron chi connectivity index (χ1n) is 11.6. The number of nitrogens with one attached hydrogen (secondary N) is 2. The number of H-pyrrole nitrogens is 1. The van der Waals surface area contributed by atoms with Crippen molar-refractivity contribution in [1.29, 1.82) is 0 Å². The molecule has 0 unspecified atom stereocenters. The van der Waals surface area contributed by atoms with Gasteiger partial charge in [0, 0.05) is 23.7 Å². The van der Waals surface area contributed by atoms with Gasteiger partial charge in [0.1, 0.15) is 0 Å². The number of hydrogen-bond donors (Lipinski definition) is 2. The van der Waals surface area contributed by atoms with Gasteiger partial charge in [0.25, 0.3) is 5.56 Å². The van der Waals surface area contributed by atoms with Crippen molar-refractivity contribution in [3.8, 4) is 11.5 Å². The second-order valence-electron chi connectivity index (χ2n) is 9.04. The van der Waals surface area contributed by atoms with E-state index in [0.717, 1.165) is 46.4 Å². The number of aryl methyl sites for hydroxylation is 1. The average Bonchev–Trinajstić information content (AvgIpc) is 3.28. The first kappa shape index (κ1) is 21.8. The van der Waals surface area contributed by atoms with Crippen LogP contribution in [0.15, 0.2) is 47.3 Å². The number of thiocarbonyl (C=S) groups is 1. The third-order valence-corrected chi connectivity index (χ3v) is 6.84. The van der Waals surface area contributed by atoms with Gasteiger partial charge in [0.05, 0.1) is 6.54 Å². The minimum Gasteiger partial charge on any atom is -0.454 e. The number of fused-ring (bicyclic) bond motifs is 2. The van der Waals surface area contributed by atoms with Gasteiger partial charge >= 0.3 is 0 Å². The maximum absolute atomic E-state index is 12.9. The van der Waals surface area contributed by atoms with Gasteiger partial charge in [-0.3, -0.25) is 4.79 Å². The molecule has 0 spiro atoms. The molecule has 3 aromatic rings. The van der Waals surface area contributed by atoms with E-state index in [1.807, 2.05) is 36.4 Å². The second kappa shape index (κ2) is 9.43. The van der Waals surface area contributed by atoms with Gasteiger partial charge in [0.15, 0.2) is 16.6 Å². The molecule has 2 heterocycles. The Hall–Kier alpha value is -3.06. The monoisotopic (exact) mass is 463 g/mol. The fourth-order valence-electron chi connectivity index (χ4n) is 4.67. The molecule has 172 valence electrons. The van der Waals surface area contributed by atoms with E-state index >= 15 is 0 Å². The van der Waals surface area contributed by atoms with E-state index in [1.165, 1.54) is 19.3 Å². The normalized spacial score (nSPS) is 15.5. The Morgan fingerprint density at radius 2 is 1.88 bits per heavy atom. The van der Waals surface area contributed by atoms with Gasteiger partial charge < -0.3 is 24.7 Å². The standard InChI is InChI=1S/C26H29N3O3S/c1-17-7-9-22-19(11-17)13-20(25(30)28-22)15-29(26(33)27-21-5-3-2-4-6-21)14-18-8-10-23-24(12-18)32-16-31-23/h7-13,21H,2-6,14-16H2,1H3,(H,27,33)(H,28,30). The molecule has 0 radical (unpaired) electrons. The summed E-state index contributed by atoms with van der Waals surface area (Å²) in [6.07, 6.45) is 6.01. The zero-order chi connectivity index (χ0) is 22.8. The Labute approximate surface area is 198 Å². The Bertz CT molecular complexity index is 1230. The molecule has 0 atom stereocenters. The minimum absolute atomic E-state index is 0.0810. The lowest BCUT2D eigenvalue weighted by molar-refractivity contribution is 0.174. The molecule has 1 aliphatic heterocycles. The summed E-state index contributed by atoms with van der Waals surface area (Å²) in [4.78, 5) is 18.0. The predicted molar refractivity (Wildman–Crippen MR) is 134 cm³/mol. The smallest absolute Gasteiger partial charge is 0.253 e. The second-order valence-corrected chi connectivity index (χ2v) is 9.43. The zero-order valence-corrected chi connectivity index (χ0v) is 19.7. The molecule has 1 saturated carbocycles. The summed E-state index contributed by atoms with van der Waals surface area (Å²) < 4.78 is 11.0. The van der Waals surface area contributed by atoms with Crippen molar-refractivity contribution in [2.75, 3.05) is 6.79 Å². The molecular formula is C26H29N3O3S. The summed E-state index contributed by atoms with van der Waals surface area (Å²) in [6.45, 7) is 3.29. The van der Waals surface area contributed by atoms with Crippen LogP contribution >= 0.6 is 12.2 Å². The molecule has 7 heteroatoms. The topological polar surface area (TPSA) is 66.6 Å². The van der Waals surface area contributed by atoms with Crippen LogP contribution in [0, 0.1) is 6.92 Å². The van der Waals surface area contributed by atoms with Gasteiger partial charge in [-0.25, -0.2) is 0 Å². The summed E-state index contributed by atoms with van der Waals surface area (Å²) in [5, 5.41) is 5.28. The average molecular weight is 464 g/mol. The highest BCUT2D eigenvalue weighted by atomic mass is 32.1. The van der Waals surface area contributed by atoms with E-state index in [1.54, 1.807) is 0 Å². The zero-order valence-electron chi connectivity index (χ0n) is 18.9. The Kier molecular flexibility index (Phi) is 6.22. The number of hydrogen-bond acceptors (Lipinski definition) is 4. The number of nitrogens with zero attached hydrogens (tertiary/aromatic N) is 1. The molecule has 1 aliphatic carbocycles. The molecule has 0 bridgehead atoms. The van der Waals surface area contributed by atoms with E-state index < -0.39 is 0 Å². The van der Waals surface area contributed by atoms with Crippen LogP contribution in [-0.2, 0) is 13.1 Å². The van der Waals surface area contributed by atoms with Crippen LogP contribution in [0.3, 0.4) is 0 Å². The SMILES string of the molecule is Cc1ccc2[nH]c(=O)c(CN(Cc3ccc4c(c3)OCO4)C(=S)NC3CCCCC3)cc2c1. The molecule has 1 fully saturated rings.